The summed E-state index contributed by atoms with van der Waals surface area (Å²) >= 11 is 0. The van der Waals surface area contributed by atoms with Crippen LogP contribution in [0.4, 0.5) is 0 Å². The number of nitrogens with two attached hydrogens (primary N) is 1. The molecule has 0 aliphatic heterocycles. The molecule has 1 aliphatic rings. The molecule has 78 valence electrons. The molecule has 0 aromatic carbocycles. The van der Waals surface area contributed by atoms with Gasteiger partial charge in [0.15, 0.2) is 0 Å². The second-order valence-corrected chi connectivity index (χ2v) is 4.66. The second-order valence-electron chi connectivity index (χ2n) is 4.66. The van der Waals surface area contributed by atoms with Crippen molar-refractivity contribution < 1.29 is 0 Å². The van der Waals surface area contributed by atoms with E-state index in [-0.39, 0.29) is 5.54 Å². The molecule has 0 atom stereocenters. The van der Waals surface area contributed by atoms with Crippen LogP contribution >= 0.6 is 0 Å². The molecule has 0 spiro atoms. The van der Waals surface area contributed by atoms with E-state index in [1.807, 2.05) is 0 Å². The van der Waals surface area contributed by atoms with E-state index in [0.29, 0.717) is 0 Å². The van der Waals surface area contributed by atoms with Gasteiger partial charge >= 0.3 is 0 Å². The lowest BCUT2D eigenvalue weighted by molar-refractivity contribution is 0.224. The zero-order chi connectivity index (χ0) is 9.73. The molecule has 13 heavy (non-hydrogen) atoms. The first-order valence-electron chi connectivity index (χ1n) is 6.02. The third-order valence-corrected chi connectivity index (χ3v) is 3.83. The summed E-state index contributed by atoms with van der Waals surface area (Å²) in [5.41, 5.74) is 6.70. The molecule has 0 aromatic rings. The molecule has 1 fully saturated rings. The highest BCUT2D eigenvalue weighted by Crippen LogP contribution is 2.34. The molecule has 1 aliphatic carbocycles. The van der Waals surface area contributed by atoms with E-state index >= 15 is 0 Å². The third kappa shape index (κ3) is 2.70. The highest BCUT2D eigenvalue weighted by Gasteiger charge is 2.32. The van der Waals surface area contributed by atoms with Gasteiger partial charge in [-0.25, -0.2) is 0 Å². The minimum atomic E-state index is 0.181. The molecule has 1 nitrogen and oxygen atoms in total. The van der Waals surface area contributed by atoms with Crippen LogP contribution < -0.4 is 5.73 Å². The number of rotatable bonds is 3. The zero-order valence-electron chi connectivity index (χ0n) is 9.31. The molecule has 1 rings (SSSR count). The highest BCUT2D eigenvalue weighted by molar-refractivity contribution is 4.91. The van der Waals surface area contributed by atoms with Crippen LogP contribution in [0.1, 0.15) is 65.2 Å². The summed E-state index contributed by atoms with van der Waals surface area (Å²) in [7, 11) is 0. The number of hydrogen-bond acceptors (Lipinski definition) is 1. The average Bonchev–Trinajstić information content (AvgIpc) is 2.33. The lowest BCUT2D eigenvalue weighted by atomic mass is 9.76. The van der Waals surface area contributed by atoms with Crippen LogP contribution in [-0.2, 0) is 0 Å². The molecule has 0 aromatic heterocycles. The maximum absolute atomic E-state index is 6.52. The fraction of sp³-hybridized carbons (Fsp3) is 1.00. The van der Waals surface area contributed by atoms with Crippen molar-refractivity contribution in [2.75, 3.05) is 0 Å². The highest BCUT2D eigenvalue weighted by atomic mass is 14.8. The summed E-state index contributed by atoms with van der Waals surface area (Å²) in [6, 6.07) is 0. The first-order valence-corrected chi connectivity index (χ1v) is 6.02. The van der Waals surface area contributed by atoms with Crippen molar-refractivity contribution in [3.63, 3.8) is 0 Å². The Bertz CT molecular complexity index is 130. The molecule has 0 bridgehead atoms. The van der Waals surface area contributed by atoms with E-state index in [1.54, 1.807) is 0 Å². The van der Waals surface area contributed by atoms with Gasteiger partial charge in [0.2, 0.25) is 0 Å². The number of hydrogen-bond donors (Lipinski definition) is 1. The molecule has 0 amide bonds. The Morgan fingerprint density at radius 1 is 1.00 bits per heavy atom. The summed E-state index contributed by atoms with van der Waals surface area (Å²) in [5.74, 6) is 0.755. The average molecular weight is 183 g/mol. The van der Waals surface area contributed by atoms with E-state index < -0.39 is 0 Å². The van der Waals surface area contributed by atoms with Gasteiger partial charge in [-0.3, -0.25) is 0 Å². The largest absolute Gasteiger partial charge is 0.325 e. The van der Waals surface area contributed by atoms with E-state index in [9.17, 15) is 0 Å². The van der Waals surface area contributed by atoms with Crippen LogP contribution in [-0.4, -0.2) is 5.54 Å². The predicted octanol–water partition coefficient (Wildman–Crippen LogP) is 3.47. The molecule has 0 radical (unpaired) electrons. The minimum absolute atomic E-state index is 0.181. The van der Waals surface area contributed by atoms with Gasteiger partial charge in [-0.1, -0.05) is 52.4 Å². The fourth-order valence-corrected chi connectivity index (χ4v) is 2.90. The summed E-state index contributed by atoms with van der Waals surface area (Å²) in [6.07, 6.45) is 10.6. The van der Waals surface area contributed by atoms with E-state index in [4.69, 9.17) is 5.73 Å². The van der Waals surface area contributed by atoms with Gasteiger partial charge < -0.3 is 5.73 Å². The van der Waals surface area contributed by atoms with E-state index in [0.717, 1.165) is 5.92 Å². The van der Waals surface area contributed by atoms with Crippen LogP contribution in [0.25, 0.3) is 0 Å². The van der Waals surface area contributed by atoms with Gasteiger partial charge in [-0.05, 0) is 18.8 Å². The van der Waals surface area contributed by atoms with Crippen LogP contribution in [0.5, 0.6) is 0 Å². The lowest BCUT2D eigenvalue weighted by Crippen LogP contribution is -2.46. The van der Waals surface area contributed by atoms with Crippen molar-refractivity contribution >= 4 is 0 Å². The molecular formula is C12H25N. The van der Waals surface area contributed by atoms with Crippen molar-refractivity contribution in [1.82, 2.24) is 0 Å². The van der Waals surface area contributed by atoms with E-state index in [1.165, 1.54) is 51.4 Å². The van der Waals surface area contributed by atoms with Gasteiger partial charge in [0.25, 0.3) is 0 Å². The van der Waals surface area contributed by atoms with Gasteiger partial charge in [-0.2, -0.15) is 0 Å². The monoisotopic (exact) mass is 183 g/mol. The summed E-state index contributed by atoms with van der Waals surface area (Å²) in [4.78, 5) is 0. The summed E-state index contributed by atoms with van der Waals surface area (Å²) in [6.45, 7) is 4.57. The Kier molecular flexibility index (Phi) is 4.24. The van der Waals surface area contributed by atoms with Crippen LogP contribution in [0.3, 0.4) is 0 Å². The third-order valence-electron chi connectivity index (χ3n) is 3.83. The molecule has 2 N–H and O–H groups in total. The van der Waals surface area contributed by atoms with Gasteiger partial charge in [0, 0.05) is 5.54 Å². The Labute approximate surface area is 83.1 Å². The Hall–Kier alpha value is -0.0400. The van der Waals surface area contributed by atoms with Crippen molar-refractivity contribution in [3.8, 4) is 0 Å². The smallest absolute Gasteiger partial charge is 0.0182 e. The Morgan fingerprint density at radius 2 is 1.46 bits per heavy atom. The lowest BCUT2D eigenvalue weighted by Gasteiger charge is -2.36. The van der Waals surface area contributed by atoms with Crippen molar-refractivity contribution in [1.29, 1.82) is 0 Å². The second kappa shape index (κ2) is 4.99. The minimum Gasteiger partial charge on any atom is -0.325 e. The standard InChI is InChI=1S/C12H25N/c1-3-11(4-2)12(13)9-7-5-6-8-10-12/h11H,3-10,13H2,1-2H3. The molecular weight excluding hydrogens is 158 g/mol. The molecule has 0 unspecified atom stereocenters. The fourth-order valence-electron chi connectivity index (χ4n) is 2.90. The van der Waals surface area contributed by atoms with Crippen molar-refractivity contribution in [2.45, 2.75) is 70.8 Å². The van der Waals surface area contributed by atoms with E-state index in [2.05, 4.69) is 13.8 Å². The zero-order valence-corrected chi connectivity index (χ0v) is 9.31. The maximum atomic E-state index is 6.52. The first-order chi connectivity index (χ1) is 6.23. The van der Waals surface area contributed by atoms with Gasteiger partial charge in [0.05, 0.1) is 0 Å². The quantitative estimate of drug-likeness (QED) is 0.666. The first kappa shape index (κ1) is 11.0. The van der Waals surface area contributed by atoms with Gasteiger partial charge in [0.1, 0.15) is 0 Å². The molecule has 1 saturated carbocycles. The van der Waals surface area contributed by atoms with Crippen LogP contribution in [0.15, 0.2) is 0 Å². The Morgan fingerprint density at radius 3 is 1.85 bits per heavy atom. The maximum Gasteiger partial charge on any atom is 0.0182 e. The summed E-state index contributed by atoms with van der Waals surface area (Å²) in [5, 5.41) is 0. The Balaban J connectivity index is 2.58. The van der Waals surface area contributed by atoms with Crippen LogP contribution in [0.2, 0.25) is 0 Å². The normalized spacial score (nSPS) is 23.1. The van der Waals surface area contributed by atoms with Gasteiger partial charge in [-0.15, -0.1) is 0 Å². The molecule has 0 heterocycles. The van der Waals surface area contributed by atoms with Crippen LogP contribution in [0, 0.1) is 5.92 Å². The SMILES string of the molecule is CCC(CC)C1(N)CCCCCC1. The molecule has 1 heteroatoms. The predicted molar refractivity (Wildman–Crippen MR) is 58.7 cm³/mol. The molecule has 0 saturated heterocycles. The topological polar surface area (TPSA) is 26.0 Å². The van der Waals surface area contributed by atoms with Crippen molar-refractivity contribution in [3.05, 3.63) is 0 Å². The summed E-state index contributed by atoms with van der Waals surface area (Å²) < 4.78 is 0. The van der Waals surface area contributed by atoms with Crippen molar-refractivity contribution in [2.24, 2.45) is 11.7 Å².